The number of terminal acetylenes is 1. The van der Waals surface area contributed by atoms with Gasteiger partial charge < -0.3 is 5.32 Å². The second kappa shape index (κ2) is 5.80. The molecule has 0 aliphatic carbocycles. The van der Waals surface area contributed by atoms with Crippen LogP contribution in [-0.4, -0.2) is 6.04 Å². The summed E-state index contributed by atoms with van der Waals surface area (Å²) in [4.78, 5) is 0. The summed E-state index contributed by atoms with van der Waals surface area (Å²) in [5.74, 6) is 2.65. The van der Waals surface area contributed by atoms with Crippen molar-refractivity contribution in [3.8, 4) is 12.3 Å². The van der Waals surface area contributed by atoms with E-state index in [-0.39, 0.29) is 6.04 Å². The van der Waals surface area contributed by atoms with Crippen LogP contribution in [0.4, 0.5) is 0 Å². The lowest BCUT2D eigenvalue weighted by Crippen LogP contribution is -2.28. The second-order valence-corrected chi connectivity index (χ2v) is 4.19. The first-order valence-electron chi connectivity index (χ1n) is 5.08. The molecule has 0 bridgehead atoms. The molecule has 0 spiro atoms. The largest absolute Gasteiger partial charge is 0.307 e. The van der Waals surface area contributed by atoms with Crippen molar-refractivity contribution < 1.29 is 0 Å². The Balaban J connectivity index is 2.61. The van der Waals surface area contributed by atoms with E-state index in [0.717, 1.165) is 11.4 Å². The number of halogens is 1. The van der Waals surface area contributed by atoms with Gasteiger partial charge in [-0.2, -0.15) is 0 Å². The van der Waals surface area contributed by atoms with E-state index in [2.05, 4.69) is 31.2 Å². The lowest BCUT2D eigenvalue weighted by Gasteiger charge is -2.18. The quantitative estimate of drug-likeness (QED) is 0.769. The fraction of sp³-hybridized carbons (Fsp3) is 0.385. The van der Waals surface area contributed by atoms with Crippen molar-refractivity contribution in [1.82, 2.24) is 5.32 Å². The highest BCUT2D eigenvalue weighted by molar-refractivity contribution is 6.30. The van der Waals surface area contributed by atoms with Crippen molar-refractivity contribution in [1.29, 1.82) is 0 Å². The zero-order valence-corrected chi connectivity index (χ0v) is 9.88. The molecule has 0 saturated heterocycles. The molecule has 0 saturated carbocycles. The summed E-state index contributed by atoms with van der Waals surface area (Å²) in [6.45, 7) is 4.19. The van der Waals surface area contributed by atoms with Crippen molar-refractivity contribution in [2.45, 2.75) is 32.4 Å². The second-order valence-electron chi connectivity index (χ2n) is 3.75. The van der Waals surface area contributed by atoms with Crippen LogP contribution in [0.15, 0.2) is 24.3 Å². The Bertz CT molecular complexity index is 354. The molecule has 1 aromatic carbocycles. The molecule has 1 N–H and O–H groups in total. The summed E-state index contributed by atoms with van der Waals surface area (Å²) in [6, 6.07) is 8.47. The molecule has 80 valence electrons. The molecule has 0 aromatic heterocycles. The predicted molar refractivity (Wildman–Crippen MR) is 65.9 cm³/mol. The summed E-state index contributed by atoms with van der Waals surface area (Å²) in [6.07, 6.45) is 6.00. The topological polar surface area (TPSA) is 12.0 Å². The van der Waals surface area contributed by atoms with E-state index in [1.54, 1.807) is 0 Å². The van der Waals surface area contributed by atoms with Gasteiger partial charge in [0.05, 0.1) is 0 Å². The van der Waals surface area contributed by atoms with E-state index in [9.17, 15) is 0 Å². The highest BCUT2D eigenvalue weighted by atomic mass is 35.5. The average molecular weight is 222 g/mol. The summed E-state index contributed by atoms with van der Waals surface area (Å²) >= 11 is 5.93. The van der Waals surface area contributed by atoms with Crippen molar-refractivity contribution in [2.24, 2.45) is 0 Å². The molecule has 1 aromatic rings. The van der Waals surface area contributed by atoms with E-state index in [1.165, 1.54) is 5.56 Å². The number of benzene rings is 1. The first-order chi connectivity index (χ1) is 7.13. The standard InChI is InChI=1S/C13H16ClN/c1-4-6-10(2)15-11(3)12-7-5-8-13(14)9-12/h1,5,7-11,15H,6H2,2-3H3. The number of nitrogens with one attached hydrogen (secondary N) is 1. The number of rotatable bonds is 4. The smallest absolute Gasteiger partial charge is 0.0409 e. The maximum Gasteiger partial charge on any atom is 0.0409 e. The van der Waals surface area contributed by atoms with Crippen LogP contribution in [0, 0.1) is 12.3 Å². The Hall–Kier alpha value is -0.970. The number of hydrogen-bond donors (Lipinski definition) is 1. The van der Waals surface area contributed by atoms with Gasteiger partial charge in [0, 0.05) is 23.5 Å². The van der Waals surface area contributed by atoms with Crippen molar-refractivity contribution in [2.75, 3.05) is 0 Å². The summed E-state index contributed by atoms with van der Waals surface area (Å²) in [7, 11) is 0. The summed E-state index contributed by atoms with van der Waals surface area (Å²) < 4.78 is 0. The minimum Gasteiger partial charge on any atom is -0.307 e. The molecule has 2 heteroatoms. The predicted octanol–water partition coefficient (Wildman–Crippen LogP) is 3.40. The third-order valence-electron chi connectivity index (χ3n) is 2.31. The Morgan fingerprint density at radius 1 is 1.47 bits per heavy atom. The SMILES string of the molecule is C#CCC(C)NC(C)c1cccc(Cl)c1. The Morgan fingerprint density at radius 2 is 2.20 bits per heavy atom. The molecule has 0 aliphatic rings. The molecule has 0 amide bonds. The maximum atomic E-state index is 5.93. The van der Waals surface area contributed by atoms with Gasteiger partial charge in [-0.25, -0.2) is 0 Å². The van der Waals surface area contributed by atoms with Gasteiger partial charge in [0.1, 0.15) is 0 Å². The molecule has 1 nitrogen and oxygen atoms in total. The van der Waals surface area contributed by atoms with E-state index >= 15 is 0 Å². The highest BCUT2D eigenvalue weighted by Crippen LogP contribution is 2.17. The monoisotopic (exact) mass is 221 g/mol. The molecule has 0 aliphatic heterocycles. The van der Waals surface area contributed by atoms with Gasteiger partial charge in [-0.05, 0) is 31.5 Å². The maximum absolute atomic E-state index is 5.93. The zero-order valence-electron chi connectivity index (χ0n) is 9.13. The van der Waals surface area contributed by atoms with Crippen molar-refractivity contribution in [3.05, 3.63) is 34.9 Å². The van der Waals surface area contributed by atoms with Gasteiger partial charge >= 0.3 is 0 Å². The van der Waals surface area contributed by atoms with Gasteiger partial charge in [0.15, 0.2) is 0 Å². The van der Waals surface area contributed by atoms with Crippen LogP contribution in [0.2, 0.25) is 5.02 Å². The molecule has 2 atom stereocenters. The molecule has 2 unspecified atom stereocenters. The molecular weight excluding hydrogens is 206 g/mol. The van der Waals surface area contributed by atoms with E-state index in [1.807, 2.05) is 18.2 Å². The molecule has 1 rings (SSSR count). The van der Waals surface area contributed by atoms with Crippen LogP contribution >= 0.6 is 11.6 Å². The third kappa shape index (κ3) is 3.95. The average Bonchev–Trinajstić information content (AvgIpc) is 2.18. The number of hydrogen-bond acceptors (Lipinski definition) is 1. The van der Waals surface area contributed by atoms with Crippen LogP contribution in [0.25, 0.3) is 0 Å². The first kappa shape index (κ1) is 12.1. The van der Waals surface area contributed by atoms with Gasteiger partial charge in [-0.15, -0.1) is 12.3 Å². The van der Waals surface area contributed by atoms with Crippen LogP contribution in [-0.2, 0) is 0 Å². The Morgan fingerprint density at radius 3 is 2.80 bits per heavy atom. The zero-order chi connectivity index (χ0) is 11.3. The lowest BCUT2D eigenvalue weighted by atomic mass is 10.1. The normalized spacial score (nSPS) is 14.3. The summed E-state index contributed by atoms with van der Waals surface area (Å²) in [5, 5.41) is 4.19. The molecule has 0 fully saturated rings. The van der Waals surface area contributed by atoms with Crippen LogP contribution in [0.3, 0.4) is 0 Å². The van der Waals surface area contributed by atoms with E-state index in [4.69, 9.17) is 18.0 Å². The van der Waals surface area contributed by atoms with E-state index < -0.39 is 0 Å². The summed E-state index contributed by atoms with van der Waals surface area (Å²) in [5.41, 5.74) is 1.19. The van der Waals surface area contributed by atoms with Gasteiger partial charge in [-0.1, -0.05) is 23.7 Å². The fourth-order valence-electron chi connectivity index (χ4n) is 1.53. The Labute approximate surface area is 96.8 Å². The van der Waals surface area contributed by atoms with Crippen LogP contribution in [0.5, 0.6) is 0 Å². The van der Waals surface area contributed by atoms with Gasteiger partial charge in [0.2, 0.25) is 0 Å². The van der Waals surface area contributed by atoms with Gasteiger partial charge in [-0.3, -0.25) is 0 Å². The Kier molecular flexibility index (Phi) is 4.68. The molecule has 15 heavy (non-hydrogen) atoms. The molecule has 0 radical (unpaired) electrons. The fourth-order valence-corrected chi connectivity index (χ4v) is 1.73. The molecule has 0 heterocycles. The minimum atomic E-state index is 0.270. The van der Waals surface area contributed by atoms with Gasteiger partial charge in [0.25, 0.3) is 0 Å². The lowest BCUT2D eigenvalue weighted by molar-refractivity contribution is 0.486. The highest BCUT2D eigenvalue weighted by Gasteiger charge is 2.08. The first-order valence-corrected chi connectivity index (χ1v) is 5.46. The van der Waals surface area contributed by atoms with Crippen LogP contribution in [0.1, 0.15) is 31.9 Å². The molecular formula is C13H16ClN. The van der Waals surface area contributed by atoms with Crippen molar-refractivity contribution in [3.63, 3.8) is 0 Å². The van der Waals surface area contributed by atoms with Crippen LogP contribution < -0.4 is 5.32 Å². The van der Waals surface area contributed by atoms with Crippen molar-refractivity contribution >= 4 is 11.6 Å². The minimum absolute atomic E-state index is 0.270. The third-order valence-corrected chi connectivity index (χ3v) is 2.54. The van der Waals surface area contributed by atoms with E-state index in [0.29, 0.717) is 6.04 Å².